The highest BCUT2D eigenvalue weighted by Crippen LogP contribution is 2.08. The summed E-state index contributed by atoms with van der Waals surface area (Å²) in [5.74, 6) is 0. The van der Waals surface area contributed by atoms with Crippen LogP contribution in [-0.2, 0) is 9.47 Å². The molecule has 0 rings (SSSR count). The number of halogens is 1. The van der Waals surface area contributed by atoms with E-state index in [2.05, 4.69) is 22.9 Å². The van der Waals surface area contributed by atoms with Crippen LogP contribution in [0.3, 0.4) is 0 Å². The quantitative estimate of drug-likeness (QED) is 0.314. The first-order chi connectivity index (χ1) is 8.91. The van der Waals surface area contributed by atoms with E-state index in [4.69, 9.17) is 9.47 Å². The Hall–Kier alpha value is 0.400. The van der Waals surface area contributed by atoms with Crippen LogP contribution in [-0.4, -0.2) is 31.8 Å². The average Bonchev–Trinajstić information content (AvgIpc) is 2.39. The summed E-state index contributed by atoms with van der Waals surface area (Å²) >= 11 is 3.46. The second-order valence-corrected chi connectivity index (χ2v) is 5.54. The van der Waals surface area contributed by atoms with Gasteiger partial charge in [-0.3, -0.25) is 0 Å². The van der Waals surface area contributed by atoms with Gasteiger partial charge in [-0.05, 0) is 19.3 Å². The van der Waals surface area contributed by atoms with Gasteiger partial charge >= 0.3 is 0 Å². The van der Waals surface area contributed by atoms with Gasteiger partial charge in [-0.25, -0.2) is 0 Å². The third kappa shape index (κ3) is 16.4. The molecule has 0 aromatic carbocycles. The van der Waals surface area contributed by atoms with Gasteiger partial charge in [0.05, 0.1) is 13.2 Å². The van der Waals surface area contributed by atoms with Gasteiger partial charge in [0.1, 0.15) is 0 Å². The summed E-state index contributed by atoms with van der Waals surface area (Å²) in [5, 5.41) is 1.15. The van der Waals surface area contributed by atoms with E-state index in [0.717, 1.165) is 38.2 Å². The molecule has 0 saturated carbocycles. The largest absolute Gasteiger partial charge is 0.379 e. The van der Waals surface area contributed by atoms with Crippen molar-refractivity contribution in [2.75, 3.05) is 31.8 Å². The molecular formula is C15H31BrO2. The minimum Gasteiger partial charge on any atom is -0.379 e. The molecule has 0 aromatic heterocycles. The van der Waals surface area contributed by atoms with Crippen LogP contribution in [0.2, 0.25) is 0 Å². The Morgan fingerprint density at radius 2 is 1.11 bits per heavy atom. The Balaban J connectivity index is 2.86. The van der Waals surface area contributed by atoms with Gasteiger partial charge in [0.25, 0.3) is 0 Å². The highest BCUT2D eigenvalue weighted by atomic mass is 79.9. The van der Waals surface area contributed by atoms with E-state index in [1.165, 1.54) is 51.4 Å². The van der Waals surface area contributed by atoms with Crippen molar-refractivity contribution in [2.24, 2.45) is 0 Å². The fraction of sp³-hybridized carbons (Fsp3) is 1.00. The van der Waals surface area contributed by atoms with E-state index in [9.17, 15) is 0 Å². The van der Waals surface area contributed by atoms with Gasteiger partial charge in [-0.15, -0.1) is 0 Å². The molecular weight excluding hydrogens is 292 g/mol. The first-order valence-electron chi connectivity index (χ1n) is 7.63. The van der Waals surface area contributed by atoms with E-state index in [0.29, 0.717) is 0 Å². The number of hydrogen-bond donors (Lipinski definition) is 0. The molecule has 18 heavy (non-hydrogen) atoms. The van der Waals surface area contributed by atoms with E-state index in [1.54, 1.807) is 0 Å². The molecule has 3 heteroatoms. The lowest BCUT2D eigenvalue weighted by molar-refractivity contribution is 0.0453. The van der Waals surface area contributed by atoms with Crippen molar-refractivity contribution in [3.05, 3.63) is 0 Å². The zero-order chi connectivity index (χ0) is 13.3. The fourth-order valence-electron chi connectivity index (χ4n) is 1.75. The molecule has 0 unspecified atom stereocenters. The highest BCUT2D eigenvalue weighted by Gasteiger charge is 1.93. The summed E-state index contributed by atoms with van der Waals surface area (Å²) in [7, 11) is 0. The van der Waals surface area contributed by atoms with E-state index >= 15 is 0 Å². The van der Waals surface area contributed by atoms with Gasteiger partial charge in [0.15, 0.2) is 0 Å². The molecule has 0 saturated heterocycles. The average molecular weight is 323 g/mol. The maximum atomic E-state index is 5.53. The predicted octanol–water partition coefficient (Wildman–Crippen LogP) is 4.95. The Kier molecular flexibility index (Phi) is 17.8. The maximum absolute atomic E-state index is 5.53. The van der Waals surface area contributed by atoms with Crippen molar-refractivity contribution < 1.29 is 9.47 Å². The maximum Gasteiger partial charge on any atom is 0.0700 e. The van der Waals surface area contributed by atoms with Gasteiger partial charge in [-0.1, -0.05) is 61.4 Å². The molecule has 0 aliphatic rings. The topological polar surface area (TPSA) is 18.5 Å². The second-order valence-electron chi connectivity index (χ2n) is 4.74. The van der Waals surface area contributed by atoms with Gasteiger partial charge in [0, 0.05) is 18.5 Å². The molecule has 0 spiro atoms. The summed E-state index contributed by atoms with van der Waals surface area (Å²) < 4.78 is 11.0. The second kappa shape index (κ2) is 17.4. The third-order valence-corrected chi connectivity index (χ3v) is 3.50. The standard InChI is InChI=1S/C15H31BrO2/c1-2-3-12-17-14-15-18-13-10-8-6-4-5-7-9-11-16/h2-15H2,1H3. The zero-order valence-electron chi connectivity index (χ0n) is 12.1. The number of ether oxygens (including phenoxy) is 2. The summed E-state index contributed by atoms with van der Waals surface area (Å²) in [4.78, 5) is 0. The molecule has 0 amide bonds. The Morgan fingerprint density at radius 1 is 0.611 bits per heavy atom. The Labute approximate surface area is 122 Å². The van der Waals surface area contributed by atoms with Crippen LogP contribution in [0.15, 0.2) is 0 Å². The lowest BCUT2D eigenvalue weighted by Gasteiger charge is -2.05. The van der Waals surface area contributed by atoms with Crippen LogP contribution in [0.4, 0.5) is 0 Å². The van der Waals surface area contributed by atoms with E-state index in [1.807, 2.05) is 0 Å². The molecule has 0 N–H and O–H groups in total. The van der Waals surface area contributed by atoms with Crippen LogP contribution in [0.1, 0.15) is 64.7 Å². The molecule has 0 aliphatic heterocycles. The fourth-order valence-corrected chi connectivity index (χ4v) is 2.15. The van der Waals surface area contributed by atoms with Crippen LogP contribution >= 0.6 is 15.9 Å². The van der Waals surface area contributed by atoms with Crippen LogP contribution in [0.25, 0.3) is 0 Å². The van der Waals surface area contributed by atoms with Crippen molar-refractivity contribution in [1.82, 2.24) is 0 Å². The van der Waals surface area contributed by atoms with Crippen molar-refractivity contribution in [1.29, 1.82) is 0 Å². The lowest BCUT2D eigenvalue weighted by Crippen LogP contribution is -2.06. The molecule has 0 radical (unpaired) electrons. The Morgan fingerprint density at radius 3 is 1.67 bits per heavy atom. The van der Waals surface area contributed by atoms with Gasteiger partial charge < -0.3 is 9.47 Å². The van der Waals surface area contributed by atoms with Crippen LogP contribution in [0, 0.1) is 0 Å². The Bertz CT molecular complexity index is 126. The first-order valence-corrected chi connectivity index (χ1v) is 8.75. The monoisotopic (exact) mass is 322 g/mol. The van der Waals surface area contributed by atoms with E-state index < -0.39 is 0 Å². The van der Waals surface area contributed by atoms with Gasteiger partial charge in [-0.2, -0.15) is 0 Å². The smallest absolute Gasteiger partial charge is 0.0700 e. The predicted molar refractivity (Wildman–Crippen MR) is 82.7 cm³/mol. The van der Waals surface area contributed by atoms with Crippen molar-refractivity contribution in [3.63, 3.8) is 0 Å². The van der Waals surface area contributed by atoms with Crippen molar-refractivity contribution in [2.45, 2.75) is 64.7 Å². The summed E-state index contributed by atoms with van der Waals surface area (Å²) in [5.41, 5.74) is 0. The SMILES string of the molecule is CCCCOCCOCCCCCCCCCBr. The minimum atomic E-state index is 0.756. The molecule has 0 heterocycles. The normalized spacial score (nSPS) is 11.0. The zero-order valence-corrected chi connectivity index (χ0v) is 13.7. The lowest BCUT2D eigenvalue weighted by atomic mass is 10.1. The number of hydrogen-bond acceptors (Lipinski definition) is 2. The highest BCUT2D eigenvalue weighted by molar-refractivity contribution is 9.09. The third-order valence-electron chi connectivity index (χ3n) is 2.94. The molecule has 2 nitrogen and oxygen atoms in total. The molecule has 0 atom stereocenters. The minimum absolute atomic E-state index is 0.756. The molecule has 0 bridgehead atoms. The van der Waals surface area contributed by atoms with Crippen LogP contribution < -0.4 is 0 Å². The summed E-state index contributed by atoms with van der Waals surface area (Å²) in [6.07, 6.45) is 11.7. The first kappa shape index (κ1) is 18.4. The van der Waals surface area contributed by atoms with E-state index in [-0.39, 0.29) is 0 Å². The molecule has 110 valence electrons. The van der Waals surface area contributed by atoms with Crippen molar-refractivity contribution in [3.8, 4) is 0 Å². The molecule has 0 fully saturated rings. The molecule has 0 aliphatic carbocycles. The number of rotatable bonds is 15. The van der Waals surface area contributed by atoms with Crippen LogP contribution in [0.5, 0.6) is 0 Å². The number of unbranched alkanes of at least 4 members (excludes halogenated alkanes) is 7. The summed E-state index contributed by atoms with van der Waals surface area (Å²) in [6.45, 7) is 5.48. The molecule has 0 aromatic rings. The number of alkyl halides is 1. The van der Waals surface area contributed by atoms with Gasteiger partial charge in [0.2, 0.25) is 0 Å². The van der Waals surface area contributed by atoms with Crippen molar-refractivity contribution >= 4 is 15.9 Å². The summed E-state index contributed by atoms with van der Waals surface area (Å²) in [6, 6.07) is 0.